The maximum absolute atomic E-state index is 12.2. The summed E-state index contributed by atoms with van der Waals surface area (Å²) < 4.78 is 3.55. The van der Waals surface area contributed by atoms with Crippen molar-refractivity contribution in [2.24, 2.45) is 0 Å². The van der Waals surface area contributed by atoms with Crippen LogP contribution in [0.25, 0.3) is 0 Å². The van der Waals surface area contributed by atoms with Crippen LogP contribution in [0.15, 0.2) is 35.4 Å². The van der Waals surface area contributed by atoms with Crippen LogP contribution >= 0.6 is 0 Å². The fraction of sp³-hybridized carbons (Fsp3) is 0.333. The Morgan fingerprint density at radius 2 is 2.16 bits per heavy atom. The number of nitrogens with zero attached hydrogens (tertiary/aromatic N) is 3. The lowest BCUT2D eigenvalue weighted by Gasteiger charge is -2.06. The Kier molecular flexibility index (Phi) is 2.75. The summed E-state index contributed by atoms with van der Waals surface area (Å²) in [6, 6.07) is 8.12. The number of hydrogen-bond donors (Lipinski definition) is 0. The Morgan fingerprint density at radius 3 is 2.79 bits per heavy atom. The SMILES string of the molecule is Cc1cc(C#N)ccc1Cn1ccn(C2CC2)c1=O. The lowest BCUT2D eigenvalue weighted by molar-refractivity contribution is 0.655. The van der Waals surface area contributed by atoms with E-state index >= 15 is 0 Å². The molecule has 1 heterocycles. The highest BCUT2D eigenvalue weighted by molar-refractivity contribution is 5.37. The Hall–Kier alpha value is -2.28. The largest absolute Gasteiger partial charge is 0.328 e. The second-order valence-electron chi connectivity index (χ2n) is 5.10. The van der Waals surface area contributed by atoms with E-state index in [9.17, 15) is 4.79 Å². The van der Waals surface area contributed by atoms with E-state index in [1.807, 2.05) is 36.0 Å². The minimum Gasteiger partial charge on any atom is -0.296 e. The van der Waals surface area contributed by atoms with Crippen LogP contribution in [-0.2, 0) is 6.54 Å². The van der Waals surface area contributed by atoms with Crippen molar-refractivity contribution in [2.75, 3.05) is 0 Å². The molecule has 19 heavy (non-hydrogen) atoms. The molecular weight excluding hydrogens is 238 g/mol. The lowest BCUT2D eigenvalue weighted by Crippen LogP contribution is -2.24. The van der Waals surface area contributed by atoms with Gasteiger partial charge in [0.25, 0.3) is 0 Å². The summed E-state index contributed by atoms with van der Waals surface area (Å²) >= 11 is 0. The molecule has 1 saturated carbocycles. The highest BCUT2D eigenvalue weighted by Crippen LogP contribution is 2.33. The van der Waals surface area contributed by atoms with Gasteiger partial charge in [-0.25, -0.2) is 4.79 Å². The van der Waals surface area contributed by atoms with Crippen molar-refractivity contribution in [1.82, 2.24) is 9.13 Å². The molecule has 0 bridgehead atoms. The Balaban J connectivity index is 1.89. The van der Waals surface area contributed by atoms with Crippen molar-refractivity contribution in [3.05, 3.63) is 57.8 Å². The van der Waals surface area contributed by atoms with Crippen molar-refractivity contribution in [3.8, 4) is 6.07 Å². The van der Waals surface area contributed by atoms with E-state index < -0.39 is 0 Å². The van der Waals surface area contributed by atoms with Crippen LogP contribution in [-0.4, -0.2) is 9.13 Å². The van der Waals surface area contributed by atoms with Crippen LogP contribution in [0.1, 0.15) is 35.6 Å². The molecular formula is C15H15N3O. The number of nitriles is 1. The summed E-state index contributed by atoms with van der Waals surface area (Å²) in [7, 11) is 0. The van der Waals surface area contributed by atoms with Gasteiger partial charge in [0, 0.05) is 18.4 Å². The van der Waals surface area contributed by atoms with Gasteiger partial charge < -0.3 is 0 Å². The van der Waals surface area contributed by atoms with E-state index in [1.165, 1.54) is 0 Å². The maximum atomic E-state index is 12.2. The third kappa shape index (κ3) is 2.19. The number of aryl methyl sites for hydroxylation is 1. The summed E-state index contributed by atoms with van der Waals surface area (Å²) in [4.78, 5) is 12.2. The van der Waals surface area contributed by atoms with Crippen molar-refractivity contribution in [3.63, 3.8) is 0 Å². The monoisotopic (exact) mass is 253 g/mol. The average molecular weight is 253 g/mol. The average Bonchev–Trinajstić information content (AvgIpc) is 3.18. The number of hydrogen-bond acceptors (Lipinski definition) is 2. The van der Waals surface area contributed by atoms with Crippen LogP contribution in [0.5, 0.6) is 0 Å². The fourth-order valence-corrected chi connectivity index (χ4v) is 2.31. The molecule has 1 aliphatic rings. The first-order valence-electron chi connectivity index (χ1n) is 6.46. The van der Waals surface area contributed by atoms with E-state index in [-0.39, 0.29) is 5.69 Å². The van der Waals surface area contributed by atoms with Crippen LogP contribution in [0.3, 0.4) is 0 Å². The smallest absolute Gasteiger partial charge is 0.296 e. The third-order valence-corrected chi connectivity index (χ3v) is 3.63. The Morgan fingerprint density at radius 1 is 1.37 bits per heavy atom. The second kappa shape index (κ2) is 4.43. The summed E-state index contributed by atoms with van der Waals surface area (Å²) in [6.45, 7) is 2.54. The van der Waals surface area contributed by atoms with Crippen molar-refractivity contribution in [1.29, 1.82) is 5.26 Å². The number of benzene rings is 1. The molecule has 96 valence electrons. The molecule has 1 aliphatic carbocycles. The van der Waals surface area contributed by atoms with Gasteiger partial charge in [-0.2, -0.15) is 5.26 Å². The molecule has 0 atom stereocenters. The molecule has 1 aromatic carbocycles. The first-order chi connectivity index (χ1) is 9.19. The molecule has 3 rings (SSSR count). The first kappa shape index (κ1) is 11.8. The van der Waals surface area contributed by atoms with E-state index in [1.54, 1.807) is 10.6 Å². The summed E-state index contributed by atoms with van der Waals surface area (Å²) in [6.07, 6.45) is 5.94. The quantitative estimate of drug-likeness (QED) is 0.842. The van der Waals surface area contributed by atoms with Crippen molar-refractivity contribution in [2.45, 2.75) is 32.4 Å². The third-order valence-electron chi connectivity index (χ3n) is 3.63. The molecule has 0 aliphatic heterocycles. The fourth-order valence-electron chi connectivity index (χ4n) is 2.31. The van der Waals surface area contributed by atoms with Crippen LogP contribution in [0.4, 0.5) is 0 Å². The minimum absolute atomic E-state index is 0.0614. The van der Waals surface area contributed by atoms with Gasteiger partial charge in [0.15, 0.2) is 0 Å². The van der Waals surface area contributed by atoms with Crippen molar-refractivity contribution >= 4 is 0 Å². The molecule has 1 fully saturated rings. The predicted octanol–water partition coefficient (Wildman–Crippen LogP) is 2.21. The molecule has 4 nitrogen and oxygen atoms in total. The molecule has 0 unspecified atom stereocenters. The number of aromatic nitrogens is 2. The molecule has 2 aromatic rings. The van der Waals surface area contributed by atoms with E-state index in [0.29, 0.717) is 18.2 Å². The molecule has 0 saturated heterocycles. The highest BCUT2D eigenvalue weighted by atomic mass is 16.1. The normalized spacial score (nSPS) is 14.3. The number of imidazole rings is 1. The molecule has 0 radical (unpaired) electrons. The zero-order chi connectivity index (χ0) is 13.4. The molecule has 1 aromatic heterocycles. The van der Waals surface area contributed by atoms with Gasteiger partial charge >= 0.3 is 5.69 Å². The zero-order valence-corrected chi connectivity index (χ0v) is 10.8. The first-order valence-corrected chi connectivity index (χ1v) is 6.46. The molecule has 0 amide bonds. The highest BCUT2D eigenvalue weighted by Gasteiger charge is 2.25. The second-order valence-corrected chi connectivity index (χ2v) is 5.10. The predicted molar refractivity (Wildman–Crippen MR) is 72.0 cm³/mol. The van der Waals surface area contributed by atoms with Gasteiger partial charge in [0.1, 0.15) is 0 Å². The van der Waals surface area contributed by atoms with E-state index in [0.717, 1.165) is 24.0 Å². The summed E-state index contributed by atoms with van der Waals surface area (Å²) in [5.74, 6) is 0. The van der Waals surface area contributed by atoms with Gasteiger partial charge in [0.05, 0.1) is 18.2 Å². The minimum atomic E-state index is 0.0614. The molecule has 4 heteroatoms. The van der Waals surface area contributed by atoms with Crippen LogP contribution in [0.2, 0.25) is 0 Å². The summed E-state index contributed by atoms with van der Waals surface area (Å²) in [5, 5.41) is 8.85. The van der Waals surface area contributed by atoms with Gasteiger partial charge in [-0.15, -0.1) is 0 Å². The molecule has 0 N–H and O–H groups in total. The topological polar surface area (TPSA) is 50.7 Å². The zero-order valence-electron chi connectivity index (χ0n) is 10.8. The van der Waals surface area contributed by atoms with Crippen LogP contribution in [0, 0.1) is 18.3 Å². The van der Waals surface area contributed by atoms with E-state index in [4.69, 9.17) is 5.26 Å². The van der Waals surface area contributed by atoms with Gasteiger partial charge in [0.2, 0.25) is 0 Å². The van der Waals surface area contributed by atoms with Crippen molar-refractivity contribution < 1.29 is 0 Å². The standard InChI is InChI=1S/C15H15N3O/c1-11-8-12(9-16)2-3-13(11)10-17-6-7-18(15(17)19)14-4-5-14/h2-3,6-8,14H,4-5,10H2,1H3. The maximum Gasteiger partial charge on any atom is 0.328 e. The number of rotatable bonds is 3. The Bertz CT molecular complexity index is 714. The van der Waals surface area contributed by atoms with Crippen LogP contribution < -0.4 is 5.69 Å². The van der Waals surface area contributed by atoms with Gasteiger partial charge in [-0.3, -0.25) is 9.13 Å². The molecule has 0 spiro atoms. The lowest BCUT2D eigenvalue weighted by atomic mass is 10.1. The van der Waals surface area contributed by atoms with Gasteiger partial charge in [-0.05, 0) is 43.0 Å². The summed E-state index contributed by atoms with van der Waals surface area (Å²) in [5.41, 5.74) is 2.84. The van der Waals surface area contributed by atoms with E-state index in [2.05, 4.69) is 6.07 Å². The van der Waals surface area contributed by atoms with Gasteiger partial charge in [-0.1, -0.05) is 6.07 Å². The Labute approximate surface area is 111 Å².